The van der Waals surface area contributed by atoms with Crippen LogP contribution in [0.3, 0.4) is 0 Å². The average molecular weight is 449 g/mol. The van der Waals surface area contributed by atoms with E-state index in [1.165, 1.54) is 0 Å². The van der Waals surface area contributed by atoms with Crippen molar-refractivity contribution < 1.29 is 13.5 Å². The fraction of sp³-hybridized carbons (Fsp3) is 0.400. The van der Waals surface area contributed by atoms with Gasteiger partial charge in [-0.1, -0.05) is 15.9 Å². The fourth-order valence-electron chi connectivity index (χ4n) is 4.18. The third kappa shape index (κ3) is 2.90. The van der Waals surface area contributed by atoms with Crippen LogP contribution in [0.2, 0.25) is 0 Å². The second-order valence-corrected chi connectivity index (χ2v) is 8.10. The van der Waals surface area contributed by atoms with E-state index in [0.717, 1.165) is 60.8 Å². The highest BCUT2D eigenvalue weighted by atomic mass is 79.9. The zero-order chi connectivity index (χ0) is 19.3. The lowest BCUT2D eigenvalue weighted by Gasteiger charge is -2.30. The molecule has 1 aromatic carbocycles. The minimum absolute atomic E-state index is 0.0108. The molecule has 2 aliphatic rings. The number of aryl methyl sites for hydroxylation is 1. The molecule has 8 heteroatoms. The Morgan fingerprint density at radius 1 is 1.29 bits per heavy atom. The number of anilines is 2. The predicted octanol–water partition coefficient (Wildman–Crippen LogP) is 5.02. The summed E-state index contributed by atoms with van der Waals surface area (Å²) in [5.74, 6) is 1.95. The SMILES string of the molecule is FC(F)c1cc2c(cc1Br)CCCN2c1nc(C2CCOC2)n2ccncc12. The zero-order valence-electron chi connectivity index (χ0n) is 15.1. The van der Waals surface area contributed by atoms with Gasteiger partial charge in [0.2, 0.25) is 0 Å². The zero-order valence-corrected chi connectivity index (χ0v) is 16.7. The van der Waals surface area contributed by atoms with Crippen LogP contribution in [-0.2, 0) is 11.2 Å². The van der Waals surface area contributed by atoms with Crippen molar-refractivity contribution in [2.75, 3.05) is 24.7 Å². The van der Waals surface area contributed by atoms with Crippen LogP contribution < -0.4 is 4.90 Å². The smallest absolute Gasteiger partial charge is 0.265 e. The minimum Gasteiger partial charge on any atom is -0.381 e. The largest absolute Gasteiger partial charge is 0.381 e. The van der Waals surface area contributed by atoms with Crippen LogP contribution in [0.25, 0.3) is 5.52 Å². The van der Waals surface area contributed by atoms with Crippen molar-refractivity contribution in [1.82, 2.24) is 14.4 Å². The van der Waals surface area contributed by atoms with Gasteiger partial charge in [0.1, 0.15) is 11.3 Å². The van der Waals surface area contributed by atoms with Crippen LogP contribution in [0.1, 0.15) is 42.1 Å². The molecule has 5 nitrogen and oxygen atoms in total. The third-order valence-corrected chi connectivity index (χ3v) is 6.24. The van der Waals surface area contributed by atoms with Gasteiger partial charge in [0.15, 0.2) is 5.82 Å². The minimum atomic E-state index is -2.53. The normalized spacial score (nSPS) is 19.6. The molecule has 0 saturated carbocycles. The fourth-order valence-corrected chi connectivity index (χ4v) is 4.74. The maximum atomic E-state index is 13.5. The van der Waals surface area contributed by atoms with Crippen molar-refractivity contribution in [3.8, 4) is 0 Å². The van der Waals surface area contributed by atoms with Gasteiger partial charge in [0.25, 0.3) is 6.43 Å². The molecule has 1 saturated heterocycles. The number of alkyl halides is 2. The standard InChI is InChI=1S/C20H19BrF2N4O/c21-15-8-12-2-1-5-26(16(12)9-14(15)18(22)23)20-17-10-24-4-6-27(17)19(25-20)13-3-7-28-11-13/h4,6,8-10,13,18H,1-3,5,7,11H2. The Morgan fingerprint density at radius 2 is 2.18 bits per heavy atom. The van der Waals surface area contributed by atoms with E-state index in [0.29, 0.717) is 11.1 Å². The van der Waals surface area contributed by atoms with E-state index >= 15 is 0 Å². The number of ether oxygens (including phenoxy) is 1. The van der Waals surface area contributed by atoms with Crippen molar-refractivity contribution in [2.45, 2.75) is 31.6 Å². The topological polar surface area (TPSA) is 42.7 Å². The maximum absolute atomic E-state index is 13.5. The first-order valence-electron chi connectivity index (χ1n) is 9.41. The summed E-state index contributed by atoms with van der Waals surface area (Å²) in [7, 11) is 0. The molecule has 4 heterocycles. The van der Waals surface area contributed by atoms with E-state index in [1.54, 1.807) is 18.5 Å². The van der Waals surface area contributed by atoms with E-state index in [-0.39, 0.29) is 11.5 Å². The van der Waals surface area contributed by atoms with Crippen molar-refractivity contribution in [3.63, 3.8) is 0 Å². The Morgan fingerprint density at radius 3 is 2.96 bits per heavy atom. The molecular formula is C20H19BrF2N4O. The number of imidazole rings is 1. The third-order valence-electron chi connectivity index (χ3n) is 5.56. The summed E-state index contributed by atoms with van der Waals surface area (Å²) in [6, 6.07) is 3.42. The second-order valence-electron chi connectivity index (χ2n) is 7.24. The van der Waals surface area contributed by atoms with E-state index in [4.69, 9.17) is 9.72 Å². The summed E-state index contributed by atoms with van der Waals surface area (Å²) >= 11 is 3.30. The van der Waals surface area contributed by atoms with Gasteiger partial charge in [-0.05, 0) is 37.0 Å². The number of hydrogen-bond acceptors (Lipinski definition) is 4. The Balaban J connectivity index is 1.67. The molecule has 0 spiro atoms. The molecular weight excluding hydrogens is 430 g/mol. The second kappa shape index (κ2) is 7.08. The Kier molecular flexibility index (Phi) is 4.55. The van der Waals surface area contributed by atoms with Gasteiger partial charge in [-0.3, -0.25) is 9.38 Å². The first-order valence-corrected chi connectivity index (χ1v) is 10.2. The summed E-state index contributed by atoms with van der Waals surface area (Å²) in [5.41, 5.74) is 2.76. The molecule has 0 radical (unpaired) electrons. The van der Waals surface area contributed by atoms with Gasteiger partial charge in [-0.15, -0.1) is 0 Å². The maximum Gasteiger partial charge on any atom is 0.265 e. The molecule has 1 atom stereocenters. The molecule has 5 rings (SSSR count). The van der Waals surface area contributed by atoms with Crippen molar-refractivity contribution in [1.29, 1.82) is 0 Å². The van der Waals surface area contributed by atoms with E-state index in [1.807, 2.05) is 12.3 Å². The lowest BCUT2D eigenvalue weighted by atomic mass is 9.99. The van der Waals surface area contributed by atoms with Gasteiger partial charge in [-0.25, -0.2) is 13.8 Å². The molecule has 0 N–H and O–H groups in total. The highest BCUT2D eigenvalue weighted by Crippen LogP contribution is 2.41. The van der Waals surface area contributed by atoms with Crippen LogP contribution in [-0.4, -0.2) is 34.1 Å². The predicted molar refractivity (Wildman–Crippen MR) is 106 cm³/mol. The molecule has 2 aromatic heterocycles. The molecule has 0 amide bonds. The molecule has 1 fully saturated rings. The monoisotopic (exact) mass is 448 g/mol. The number of rotatable bonds is 3. The van der Waals surface area contributed by atoms with E-state index in [9.17, 15) is 8.78 Å². The van der Waals surface area contributed by atoms with Crippen molar-refractivity contribution in [3.05, 3.63) is 52.1 Å². The average Bonchev–Trinajstić information content (AvgIpc) is 3.34. The highest BCUT2D eigenvalue weighted by Gasteiger charge is 2.29. The first kappa shape index (κ1) is 18.0. The molecule has 28 heavy (non-hydrogen) atoms. The molecule has 0 bridgehead atoms. The van der Waals surface area contributed by atoms with Gasteiger partial charge >= 0.3 is 0 Å². The number of hydrogen-bond donors (Lipinski definition) is 0. The first-order chi connectivity index (χ1) is 13.6. The molecule has 0 aliphatic carbocycles. The summed E-state index contributed by atoms with van der Waals surface area (Å²) < 4.78 is 35.1. The van der Waals surface area contributed by atoms with Crippen LogP contribution in [0, 0.1) is 0 Å². The Labute approximate surface area is 169 Å². The summed E-state index contributed by atoms with van der Waals surface area (Å²) in [6.45, 7) is 2.12. The molecule has 146 valence electrons. The lowest BCUT2D eigenvalue weighted by molar-refractivity contribution is 0.150. The summed E-state index contributed by atoms with van der Waals surface area (Å²) in [4.78, 5) is 11.3. The van der Waals surface area contributed by atoms with Crippen LogP contribution in [0.15, 0.2) is 35.2 Å². The summed E-state index contributed by atoms with van der Waals surface area (Å²) in [5, 5.41) is 0. The Bertz CT molecular complexity index is 1030. The Hall–Kier alpha value is -2.06. The lowest BCUT2D eigenvalue weighted by Crippen LogP contribution is -2.25. The van der Waals surface area contributed by atoms with Crippen LogP contribution in [0.4, 0.5) is 20.3 Å². The van der Waals surface area contributed by atoms with Crippen LogP contribution in [0.5, 0.6) is 0 Å². The molecule has 2 aliphatic heterocycles. The molecule has 1 unspecified atom stereocenters. The van der Waals surface area contributed by atoms with Crippen molar-refractivity contribution >= 4 is 33.0 Å². The quantitative estimate of drug-likeness (QED) is 0.564. The van der Waals surface area contributed by atoms with Gasteiger partial charge in [0.05, 0.1) is 12.8 Å². The van der Waals surface area contributed by atoms with Gasteiger partial charge < -0.3 is 9.64 Å². The van der Waals surface area contributed by atoms with E-state index in [2.05, 4.69) is 30.2 Å². The number of halogens is 3. The summed E-state index contributed by atoms with van der Waals surface area (Å²) in [6.07, 6.45) is 5.65. The van der Waals surface area contributed by atoms with Gasteiger partial charge in [0, 0.05) is 47.2 Å². The van der Waals surface area contributed by atoms with Crippen molar-refractivity contribution in [2.24, 2.45) is 0 Å². The van der Waals surface area contributed by atoms with Crippen LogP contribution >= 0.6 is 15.9 Å². The highest BCUT2D eigenvalue weighted by molar-refractivity contribution is 9.10. The number of nitrogens with zero attached hydrogens (tertiary/aromatic N) is 4. The number of benzene rings is 1. The number of aromatic nitrogens is 3. The number of fused-ring (bicyclic) bond motifs is 2. The molecule has 3 aromatic rings. The van der Waals surface area contributed by atoms with E-state index < -0.39 is 6.43 Å². The van der Waals surface area contributed by atoms with Gasteiger partial charge in [-0.2, -0.15) is 0 Å².